The number of aromatic nitrogens is 5. The Bertz CT molecular complexity index is 3900. The third kappa shape index (κ3) is 5.18. The molecule has 0 saturated heterocycles. The minimum absolute atomic E-state index is 0.0232. The highest BCUT2D eigenvalue weighted by atomic mass is 15.0. The molecule has 8 aromatic carbocycles. The lowest BCUT2D eigenvalue weighted by atomic mass is 9.60. The summed E-state index contributed by atoms with van der Waals surface area (Å²) in [6.07, 6.45) is 0. The van der Waals surface area contributed by atoms with Gasteiger partial charge in [0, 0.05) is 54.4 Å². The van der Waals surface area contributed by atoms with Gasteiger partial charge >= 0.3 is 0 Å². The van der Waals surface area contributed by atoms with E-state index < -0.39 is 0 Å². The number of hydrogen-bond donors (Lipinski definition) is 0. The Hall–Kier alpha value is -6.72. The summed E-state index contributed by atoms with van der Waals surface area (Å²) in [6, 6.07) is 40.4. The predicted molar refractivity (Wildman–Crippen MR) is 277 cm³/mol. The molecule has 0 amide bonds. The van der Waals surface area contributed by atoms with Gasteiger partial charge in [-0.15, -0.1) is 32.8 Å². The largest absolute Gasteiger partial charge is 0.309 e. The van der Waals surface area contributed by atoms with Crippen LogP contribution in [0.2, 0.25) is 0 Å². The first-order valence-corrected chi connectivity index (χ1v) is 20.4. The molecule has 0 bridgehead atoms. The van der Waals surface area contributed by atoms with Crippen LogP contribution in [0.4, 0.5) is 0 Å². The highest BCUT2D eigenvalue weighted by Gasteiger charge is 2.24. The van der Waals surface area contributed by atoms with Crippen LogP contribution in [0.3, 0.4) is 0 Å². The molecule has 0 N–H and O–H groups in total. The van der Waals surface area contributed by atoms with Gasteiger partial charge in [-0.25, -0.2) is 15.0 Å². The Labute approximate surface area is 380 Å². The second kappa shape index (κ2) is 13.9. The molecule has 0 aliphatic rings. The lowest BCUT2D eigenvalue weighted by Gasteiger charge is -2.23. The standard InChI is InChI=1S/C49H19B10N5/c50-36-34(37(51)41(55)44(58)40(36)54)48-60-47(61-49(62-48)35-38(52)42(56)45(59)43(57)39(35)53)26-16-17-31(21-9-2-1-8-20(21)26)63-29-14-5-4-11-23(29)27-18-28-25-13-7-12-24-22-10-3-6-15-30(22)64(46(24)25)33(28)19-32(27)63/h1-19H. The van der Waals surface area contributed by atoms with Crippen LogP contribution in [0.25, 0.3) is 111 Å². The van der Waals surface area contributed by atoms with Gasteiger partial charge in [0.05, 0.1) is 33.3 Å². The van der Waals surface area contributed by atoms with Gasteiger partial charge in [0.2, 0.25) is 0 Å². The van der Waals surface area contributed by atoms with Gasteiger partial charge in [-0.1, -0.05) is 101 Å². The molecule has 0 unspecified atom stereocenters. The first kappa shape index (κ1) is 38.9. The molecule has 20 radical (unpaired) electrons. The van der Waals surface area contributed by atoms with Crippen LogP contribution in [0.1, 0.15) is 0 Å². The molecule has 0 fully saturated rings. The fraction of sp³-hybridized carbons (Fsp3) is 0. The van der Waals surface area contributed by atoms with E-state index in [1.165, 1.54) is 27.1 Å². The molecule has 0 aliphatic heterocycles. The molecule has 15 heteroatoms. The summed E-state index contributed by atoms with van der Waals surface area (Å²) in [6.45, 7) is 0. The van der Waals surface area contributed by atoms with Crippen molar-refractivity contribution in [1.29, 1.82) is 0 Å². The summed E-state index contributed by atoms with van der Waals surface area (Å²) in [7, 11) is 64.2. The lowest BCUT2D eigenvalue weighted by Crippen LogP contribution is -2.55. The Balaban J connectivity index is 1.15. The zero-order chi connectivity index (χ0) is 44.0. The normalized spacial score (nSPS) is 12.1. The van der Waals surface area contributed by atoms with E-state index in [-0.39, 0.29) is 83.2 Å². The minimum Gasteiger partial charge on any atom is -0.309 e. The van der Waals surface area contributed by atoms with Crippen molar-refractivity contribution in [1.82, 2.24) is 23.9 Å². The van der Waals surface area contributed by atoms with Gasteiger partial charge in [-0.05, 0) is 41.8 Å². The molecule has 5 nitrogen and oxygen atoms in total. The van der Waals surface area contributed by atoms with E-state index in [0.29, 0.717) is 5.56 Å². The molecular weight excluding hydrogens is 767 g/mol. The van der Waals surface area contributed by atoms with Crippen LogP contribution in [0.5, 0.6) is 0 Å². The second-order valence-electron chi connectivity index (χ2n) is 16.2. The molecule has 0 aliphatic carbocycles. The number of rotatable bonds is 4. The van der Waals surface area contributed by atoms with Crippen molar-refractivity contribution in [3.8, 4) is 39.9 Å². The van der Waals surface area contributed by atoms with Crippen molar-refractivity contribution in [2.75, 3.05) is 0 Å². The van der Waals surface area contributed by atoms with Gasteiger partial charge in [0.15, 0.2) is 17.5 Å². The first-order valence-electron chi connectivity index (χ1n) is 20.4. The number of para-hydroxylation sites is 3. The van der Waals surface area contributed by atoms with Gasteiger partial charge in [0.25, 0.3) is 0 Å². The van der Waals surface area contributed by atoms with E-state index in [0.717, 1.165) is 49.3 Å². The molecule has 12 rings (SSSR count). The third-order valence-electron chi connectivity index (χ3n) is 12.9. The Morgan fingerprint density at radius 3 is 1.34 bits per heavy atom. The van der Waals surface area contributed by atoms with Crippen molar-refractivity contribution < 1.29 is 0 Å². The SMILES string of the molecule is [B]c1c([B])c([B])c(-c2nc(-c3c([B])c([B])c([B])c([B])c3[B])nc(-c3ccc(-n4c5ccccc5c5cc6c7cccc8c9ccccc9n(c6cc54)c87)c4ccccc34)n2)c([B])c1[B]. The van der Waals surface area contributed by atoms with Gasteiger partial charge in [-0.3, -0.25) is 0 Å². The monoisotopic (exact) mass is 787 g/mol. The molecule has 4 heterocycles. The maximum atomic E-state index is 6.60. The van der Waals surface area contributed by atoms with Crippen molar-refractivity contribution in [3.63, 3.8) is 0 Å². The Morgan fingerprint density at radius 2 is 0.750 bits per heavy atom. The fourth-order valence-corrected chi connectivity index (χ4v) is 9.72. The maximum Gasteiger partial charge on any atom is 0.164 e. The smallest absolute Gasteiger partial charge is 0.164 e. The van der Waals surface area contributed by atoms with Crippen LogP contribution in [-0.4, -0.2) is 102 Å². The number of benzene rings is 8. The minimum atomic E-state index is 0.0232. The van der Waals surface area contributed by atoms with Crippen molar-refractivity contribution >= 4 is 204 Å². The summed E-state index contributed by atoms with van der Waals surface area (Å²) in [5.41, 5.74) is 7.77. The van der Waals surface area contributed by atoms with Crippen molar-refractivity contribution in [3.05, 3.63) is 115 Å². The summed E-state index contributed by atoms with van der Waals surface area (Å²) >= 11 is 0. The van der Waals surface area contributed by atoms with Crippen LogP contribution in [0, 0.1) is 0 Å². The molecule has 64 heavy (non-hydrogen) atoms. The molecule has 270 valence electrons. The van der Waals surface area contributed by atoms with Crippen LogP contribution >= 0.6 is 0 Å². The molecule has 4 aromatic heterocycles. The molecular formula is C49H19B10N5. The Kier molecular flexibility index (Phi) is 8.44. The third-order valence-corrected chi connectivity index (χ3v) is 12.9. The predicted octanol–water partition coefficient (Wildman–Crippen LogP) is 0.211. The molecule has 0 saturated carbocycles. The average molecular weight is 786 g/mol. The summed E-state index contributed by atoms with van der Waals surface area (Å²) in [5, 5.41) is 8.88. The zero-order valence-electron chi connectivity index (χ0n) is 34.0. The van der Waals surface area contributed by atoms with E-state index in [2.05, 4.69) is 100.0 Å². The van der Waals surface area contributed by atoms with E-state index in [9.17, 15) is 0 Å². The summed E-state index contributed by atoms with van der Waals surface area (Å²) in [5.74, 6) is 0.279. The van der Waals surface area contributed by atoms with Crippen LogP contribution in [-0.2, 0) is 0 Å². The number of hydrogen-bond acceptors (Lipinski definition) is 3. The molecule has 0 spiro atoms. The zero-order valence-corrected chi connectivity index (χ0v) is 34.0. The van der Waals surface area contributed by atoms with Gasteiger partial charge < -0.3 is 8.97 Å². The summed E-state index contributed by atoms with van der Waals surface area (Å²) < 4.78 is 4.73. The van der Waals surface area contributed by atoms with E-state index in [4.69, 9.17) is 93.4 Å². The molecule has 12 aromatic rings. The van der Waals surface area contributed by atoms with Crippen molar-refractivity contribution in [2.45, 2.75) is 0 Å². The van der Waals surface area contributed by atoms with Crippen LogP contribution < -0.4 is 54.6 Å². The fourth-order valence-electron chi connectivity index (χ4n) is 9.72. The van der Waals surface area contributed by atoms with Gasteiger partial charge in [0.1, 0.15) is 78.5 Å². The molecule has 0 atom stereocenters. The lowest BCUT2D eigenvalue weighted by molar-refractivity contribution is 1.08. The highest BCUT2D eigenvalue weighted by Crippen LogP contribution is 2.43. The highest BCUT2D eigenvalue weighted by molar-refractivity contribution is 6.70. The van der Waals surface area contributed by atoms with Crippen molar-refractivity contribution in [2.24, 2.45) is 0 Å². The van der Waals surface area contributed by atoms with E-state index in [1.54, 1.807) is 0 Å². The maximum absolute atomic E-state index is 6.60. The average Bonchev–Trinajstić information content (AvgIpc) is 3.95. The second-order valence-corrected chi connectivity index (χ2v) is 16.2. The first-order chi connectivity index (χ1) is 30.9. The number of fused-ring (bicyclic) bond motifs is 10. The topological polar surface area (TPSA) is 48.0 Å². The summed E-state index contributed by atoms with van der Waals surface area (Å²) in [4.78, 5) is 14.8. The Morgan fingerprint density at radius 1 is 0.312 bits per heavy atom. The quantitative estimate of drug-likeness (QED) is 0.240. The van der Waals surface area contributed by atoms with E-state index >= 15 is 0 Å². The van der Waals surface area contributed by atoms with Gasteiger partial charge in [-0.2, -0.15) is 0 Å². The van der Waals surface area contributed by atoms with E-state index in [1.807, 2.05) is 24.3 Å². The van der Waals surface area contributed by atoms with Crippen LogP contribution in [0.15, 0.2) is 115 Å². The number of nitrogens with zero attached hydrogens (tertiary/aromatic N) is 5.